The van der Waals surface area contributed by atoms with E-state index in [1.54, 1.807) is 65.7 Å². The number of hydrogen-bond donors (Lipinski definition) is 1. The third-order valence-electron chi connectivity index (χ3n) is 19.8. The lowest BCUT2D eigenvalue weighted by Crippen LogP contribution is -2.38. The van der Waals surface area contributed by atoms with Gasteiger partial charge >= 0.3 is 32.4 Å². The molecule has 3 amide bonds. The Morgan fingerprint density at radius 2 is 0.807 bits per heavy atom. The number of benzene rings is 12. The quantitative estimate of drug-likeness (QED) is 0.00799. The summed E-state index contributed by atoms with van der Waals surface area (Å²) in [7, 11) is -8.69. The molecule has 0 saturated carbocycles. The Kier molecular flexibility index (Phi) is 41.4. The van der Waals surface area contributed by atoms with Gasteiger partial charge in [0.2, 0.25) is 69.7 Å². The van der Waals surface area contributed by atoms with Crippen LogP contribution in [0.2, 0.25) is 0 Å². The Hall–Kier alpha value is -10.9. The van der Waals surface area contributed by atoms with Gasteiger partial charge in [-0.05, 0) is 266 Å². The summed E-state index contributed by atoms with van der Waals surface area (Å²) < 4.78 is 211. The number of halogens is 17. The van der Waals surface area contributed by atoms with Gasteiger partial charge in [-0.2, -0.15) is 58.3 Å². The van der Waals surface area contributed by atoms with Crippen molar-refractivity contribution in [2.75, 3.05) is 12.8 Å². The van der Waals surface area contributed by atoms with Crippen molar-refractivity contribution in [2.24, 2.45) is 0 Å². The average molecular weight is 2430 g/mol. The largest absolute Gasteiger partial charge is 0.495 e. The van der Waals surface area contributed by atoms with Crippen molar-refractivity contribution in [2.45, 2.75) is 92.0 Å². The van der Waals surface area contributed by atoms with Gasteiger partial charge in [0.25, 0.3) is 22.6 Å². The summed E-state index contributed by atoms with van der Waals surface area (Å²) in [6, 6.07) is 70.0. The topological polar surface area (TPSA) is 263 Å². The molecule has 1 aliphatic rings. The van der Waals surface area contributed by atoms with Crippen molar-refractivity contribution >= 4 is 226 Å². The number of aromatic nitrogens is 3. The fourth-order valence-electron chi connectivity index (χ4n) is 12.9. The highest BCUT2D eigenvalue weighted by atomic mass is 127. The molecule has 140 heavy (non-hydrogen) atoms. The van der Waals surface area contributed by atoms with Gasteiger partial charge in [-0.15, -0.1) is 23.5 Å². The number of imide groups is 1. The lowest BCUT2D eigenvalue weighted by atomic mass is 10.1. The van der Waals surface area contributed by atoms with Crippen LogP contribution in [0.4, 0.5) is 54.4 Å². The summed E-state index contributed by atoms with van der Waals surface area (Å²) in [6.45, 7) is 11.1. The molecule has 12 aromatic carbocycles. The predicted octanol–water partition coefficient (Wildman–Crippen LogP) is 26.9. The highest BCUT2D eigenvalue weighted by Crippen LogP contribution is 2.39. The van der Waals surface area contributed by atoms with Crippen molar-refractivity contribution in [3.63, 3.8) is 0 Å². The van der Waals surface area contributed by atoms with Crippen LogP contribution in [0.5, 0.6) is 17.2 Å². The molecular formula is C98H78Br4Cl2F10IN6O14PS4. The Labute approximate surface area is 865 Å². The highest BCUT2D eigenvalue weighted by molar-refractivity contribution is 14.1. The number of carbonyl (C=O) groups is 2. The van der Waals surface area contributed by atoms with Crippen LogP contribution in [0.25, 0.3) is 55.8 Å². The van der Waals surface area contributed by atoms with Gasteiger partial charge in [-0.25, -0.2) is 35.6 Å². The lowest BCUT2D eigenvalue weighted by Gasteiger charge is -2.18. The zero-order valence-electron chi connectivity index (χ0n) is 73.2. The molecule has 0 radical (unpaired) electrons. The van der Waals surface area contributed by atoms with Crippen LogP contribution >= 0.6 is 143 Å². The van der Waals surface area contributed by atoms with Crippen LogP contribution in [0.3, 0.4) is 0 Å². The molecule has 16 rings (SSSR count). The maximum Gasteiger partial charge on any atom is 0.373 e. The van der Waals surface area contributed by atoms with E-state index in [0.29, 0.717) is 31.5 Å². The first kappa shape index (κ1) is 114. The van der Waals surface area contributed by atoms with E-state index in [2.05, 4.69) is 212 Å². The maximum atomic E-state index is 13.9. The van der Waals surface area contributed by atoms with Gasteiger partial charge in [-0.1, -0.05) is 151 Å². The van der Waals surface area contributed by atoms with Crippen molar-refractivity contribution in [1.82, 2.24) is 22.5 Å². The number of ether oxygens (including phenoxy) is 1. The van der Waals surface area contributed by atoms with E-state index in [-0.39, 0.29) is 45.3 Å². The number of urea groups is 1. The van der Waals surface area contributed by atoms with Crippen LogP contribution in [0.15, 0.2) is 301 Å². The number of hydrogen-bond acceptors (Lipinski definition) is 17. The predicted molar refractivity (Wildman–Crippen MR) is 552 cm³/mol. The molecule has 0 spiro atoms. The molecule has 1 aliphatic heterocycles. The van der Waals surface area contributed by atoms with E-state index >= 15 is 0 Å². The van der Waals surface area contributed by atoms with Gasteiger partial charge in [0.05, 0.1) is 40.7 Å². The second-order valence-electron chi connectivity index (χ2n) is 29.6. The van der Waals surface area contributed by atoms with E-state index in [1.807, 2.05) is 67.2 Å². The molecule has 1 saturated heterocycles. The number of pyridine rings is 3. The number of carbonyl (C=O) groups excluding carboxylic acids is 4. The smallest absolute Gasteiger partial charge is 0.373 e. The molecule has 15 aromatic rings. The van der Waals surface area contributed by atoms with E-state index in [9.17, 15) is 84.7 Å². The summed E-state index contributed by atoms with van der Waals surface area (Å²) in [6.07, 6.45) is 5.51. The summed E-state index contributed by atoms with van der Waals surface area (Å²) in [5.41, 5.74) is 15.0. The third-order valence-corrected chi connectivity index (χ3v) is 28.4. The maximum absolute atomic E-state index is 13.9. The number of aryl methyl sites for hydroxylation is 3. The second-order valence-corrected chi connectivity index (χ2v) is 40.3. The minimum absolute atomic E-state index is 0. The average Bonchev–Trinajstić information content (AvgIpc) is 0.773. The van der Waals surface area contributed by atoms with Gasteiger partial charge in [0.1, 0.15) is 21.1 Å². The third kappa shape index (κ3) is 27.7. The van der Waals surface area contributed by atoms with E-state index in [0.717, 1.165) is 105 Å². The highest BCUT2D eigenvalue weighted by Gasteiger charge is 2.51. The number of fused-ring (bicyclic) bond motifs is 3. The Morgan fingerprint density at radius 1 is 0.457 bits per heavy atom. The number of nitrogens with two attached hydrogens (primary N) is 1. The summed E-state index contributed by atoms with van der Waals surface area (Å²) in [5.74, 6) is -26.3. The zero-order chi connectivity index (χ0) is 101. The van der Waals surface area contributed by atoms with Crippen LogP contribution in [-0.2, 0) is 46.1 Å². The van der Waals surface area contributed by atoms with E-state index in [1.165, 1.54) is 90.5 Å². The molecule has 42 heteroatoms. The molecule has 0 bridgehead atoms. The number of anilines is 1. The summed E-state index contributed by atoms with van der Waals surface area (Å²) in [5, 5.41) is 1.47. The number of thioether (sulfide) groups is 2. The van der Waals surface area contributed by atoms with Crippen molar-refractivity contribution in [3.05, 3.63) is 393 Å². The number of allylic oxidation sites excluding steroid dienone is 1. The van der Waals surface area contributed by atoms with Crippen molar-refractivity contribution in [1.29, 1.82) is 0 Å². The molecule has 20 nitrogen and oxygen atoms in total. The van der Waals surface area contributed by atoms with Gasteiger partial charge in [0.15, 0.2) is 0 Å². The van der Waals surface area contributed by atoms with Crippen molar-refractivity contribution < 1.29 is 93.0 Å². The molecule has 1 unspecified atom stereocenters. The van der Waals surface area contributed by atoms with E-state index in [4.69, 9.17) is 43.6 Å². The first-order valence-corrected chi connectivity index (χ1v) is 49.6. The van der Waals surface area contributed by atoms with Crippen molar-refractivity contribution in [3.8, 4) is 34.3 Å². The molecular weight excluding hydrogens is 2350 g/mol. The molecule has 4 heterocycles. The van der Waals surface area contributed by atoms with Crippen LogP contribution in [0.1, 0.15) is 68.0 Å². The SMILES string of the molecule is C.CC/C=C/c1cc(SCc2ccccc2)ccc1N.CC1(C)C(=O)N(Cl)C(=O)N1Cl.COc1cc(Br)ccc1-n1c(=O)ccc2cc(S(=O)(=O)Oc3c(F)c(F)c(F)c(F)c3F)ccc21.Cc1cc(Br)ccc1-n1c(=O)ccc2cc(S(=O)(=O)Oc3c(F)c(F)c(F)c(F)c3F)ccc21.Cc1cc(Br)ccc1-n1c(=O)ccc2cc(SCc3ccccc3)ccc21.Cc1cc(Br)ccc1I.O=C=O.P. The molecule has 1 fully saturated rings. The molecule has 0 aliphatic carbocycles. The Morgan fingerprint density at radius 3 is 1.16 bits per heavy atom. The van der Waals surface area contributed by atoms with Gasteiger partial charge in [0, 0.05) is 101 Å². The molecule has 2 N–H and O–H groups in total. The van der Waals surface area contributed by atoms with Crippen LogP contribution in [-0.4, -0.2) is 70.1 Å². The number of rotatable bonds is 18. The molecule has 732 valence electrons. The molecule has 3 aromatic heterocycles. The number of nitrogen functional groups attached to an aromatic ring is 1. The van der Waals surface area contributed by atoms with Gasteiger partial charge in [-0.3, -0.25) is 32.9 Å². The fraction of sp³-hybridized carbons (Fsp3) is 0.122. The normalized spacial score (nSPS) is 11.9. The summed E-state index contributed by atoms with van der Waals surface area (Å²) >= 11 is 30.3. The first-order valence-electron chi connectivity index (χ1n) is 39.9. The number of nitrogens with zero attached hydrogens (tertiary/aromatic N) is 5. The monoisotopic (exact) mass is 2420 g/mol. The number of methoxy groups -OCH3 is 1. The second kappa shape index (κ2) is 50.7. The number of amides is 3. The zero-order valence-corrected chi connectivity index (χ0v) is 87.9. The standard InChI is InChI=1S/C23H18BrNOS.C22H11BrF5NO5S.C22H11BrF5NO4S.C17H19NS.C7H6BrI.C5H6Cl2N2O2.CO2.CH4.H3P/c1-16-13-19(24)8-10-21(16)25-22-11-9-20(14-18(22)7-12-23(25)26)27-15-17-5-3-2-4-6-17;1-33-15-9-11(23)3-5-14(15)29-13-6-4-12(8-10(13)2-7-16(29)30)35(31,32)34-22-20(27)18(25)17(24)19(26)21(22)28;1-10-8-12(23)3-5-14(10)29-15-6-4-13(9-11(15)2-7-16(29)30)34(31,32)33-22-20(27)18(25)17(24)19(26)21(22)28;1-2-3-9-15-12-16(10-11-17(15)18)19-13-14-7-5-4-6-8-14;1-5-4-6(8)2-3-7(5)9;1-5(2)3(10)8(6)4(11)9(5)7;2-1-3;;/h2-14H,15H2,1H3;2-9H,1H3;2-9H,1H3;3-12H,2,13,18H2,1H3;2-4H,1H3;1-2H3;;1H4;1H3/b;;;9-3+;;;;;. The first-order chi connectivity index (χ1) is 65.3. The van der Waals surface area contributed by atoms with E-state index < -0.39 is 128 Å². The lowest BCUT2D eigenvalue weighted by molar-refractivity contribution is -0.191. The minimum atomic E-state index is -5.06. The minimum Gasteiger partial charge on any atom is -0.495 e. The summed E-state index contributed by atoms with van der Waals surface area (Å²) in [4.78, 5) is 77.2. The van der Waals surface area contributed by atoms with Crippen LogP contribution in [0, 0.1) is 82.5 Å². The Balaban J connectivity index is 0.000000214. The Bertz CT molecular complexity index is 7650. The molecule has 1 atom stereocenters. The van der Waals surface area contributed by atoms with Gasteiger partial charge < -0.3 is 18.8 Å². The fourth-order valence-corrected chi connectivity index (χ4v) is 19.2. The van der Waals surface area contributed by atoms with Crippen LogP contribution < -0.4 is 35.5 Å².